The van der Waals surface area contributed by atoms with Gasteiger partial charge >= 0.3 is 6.18 Å². The Morgan fingerprint density at radius 2 is 2.06 bits per heavy atom. The Morgan fingerprint density at radius 1 is 1.44 bits per heavy atom. The van der Waals surface area contributed by atoms with E-state index in [1.54, 1.807) is 6.92 Å². The van der Waals surface area contributed by atoms with Gasteiger partial charge in [-0.3, -0.25) is 4.79 Å². The van der Waals surface area contributed by atoms with Crippen molar-refractivity contribution in [3.05, 3.63) is 34.3 Å². The summed E-state index contributed by atoms with van der Waals surface area (Å²) >= 11 is 5.71. The molecule has 6 heteroatoms. The first-order valence-corrected chi connectivity index (χ1v) is 4.80. The van der Waals surface area contributed by atoms with Crippen LogP contribution in [-0.4, -0.2) is 6.41 Å². The molecule has 0 fully saturated rings. The fraction of sp³-hybridized carbons (Fsp3) is 0.300. The van der Waals surface area contributed by atoms with Gasteiger partial charge in [-0.25, -0.2) is 0 Å². The van der Waals surface area contributed by atoms with Gasteiger partial charge in [-0.05, 0) is 24.6 Å². The Bertz CT molecular complexity index is 392. The van der Waals surface area contributed by atoms with Crippen LogP contribution in [0.3, 0.4) is 0 Å². The number of carbonyl (C=O) groups is 1. The lowest BCUT2D eigenvalue weighted by Crippen LogP contribution is -2.17. The zero-order valence-electron chi connectivity index (χ0n) is 8.31. The van der Waals surface area contributed by atoms with Crippen LogP contribution < -0.4 is 5.32 Å². The third-order valence-electron chi connectivity index (χ3n) is 2.11. The van der Waals surface area contributed by atoms with E-state index in [4.69, 9.17) is 11.6 Å². The second-order valence-corrected chi connectivity index (χ2v) is 3.65. The molecule has 1 atom stereocenters. The molecular formula is C10H9ClF3NO. The number of hydrogen-bond donors (Lipinski definition) is 1. The fourth-order valence-electron chi connectivity index (χ4n) is 1.25. The molecule has 0 heterocycles. The van der Waals surface area contributed by atoms with Crippen LogP contribution in [0.2, 0.25) is 5.02 Å². The maximum Gasteiger partial charge on any atom is 0.416 e. The van der Waals surface area contributed by atoms with Crippen molar-refractivity contribution in [3.8, 4) is 0 Å². The molecule has 1 amide bonds. The van der Waals surface area contributed by atoms with Crippen molar-refractivity contribution >= 4 is 18.0 Å². The second kappa shape index (κ2) is 4.74. The quantitative estimate of drug-likeness (QED) is 0.822. The highest BCUT2D eigenvalue weighted by Crippen LogP contribution is 2.33. The number of rotatable bonds is 3. The molecule has 0 aliphatic rings. The highest BCUT2D eigenvalue weighted by molar-refractivity contribution is 6.31. The van der Waals surface area contributed by atoms with Crippen LogP contribution in [0.1, 0.15) is 24.1 Å². The predicted octanol–water partition coefficient (Wildman–Crippen LogP) is 3.17. The van der Waals surface area contributed by atoms with E-state index in [1.807, 2.05) is 0 Å². The molecule has 0 aliphatic heterocycles. The molecule has 0 radical (unpaired) electrons. The molecule has 1 aromatic carbocycles. The minimum absolute atomic E-state index is 0.0170. The van der Waals surface area contributed by atoms with E-state index in [0.29, 0.717) is 12.0 Å². The third kappa shape index (κ3) is 2.88. The van der Waals surface area contributed by atoms with Crippen LogP contribution in [0.25, 0.3) is 0 Å². The second-order valence-electron chi connectivity index (χ2n) is 3.24. The number of benzene rings is 1. The van der Waals surface area contributed by atoms with Crippen molar-refractivity contribution in [1.29, 1.82) is 0 Å². The summed E-state index contributed by atoms with van der Waals surface area (Å²) in [6.45, 7) is 1.63. The predicted molar refractivity (Wildman–Crippen MR) is 54.1 cm³/mol. The Labute approximate surface area is 95.4 Å². The van der Waals surface area contributed by atoms with E-state index >= 15 is 0 Å². The summed E-state index contributed by atoms with van der Waals surface area (Å²) in [5.41, 5.74) is -0.360. The molecule has 0 aliphatic carbocycles. The Kier molecular flexibility index (Phi) is 3.80. The molecule has 1 aromatic rings. The summed E-state index contributed by atoms with van der Waals surface area (Å²) in [6, 6.07) is 2.61. The molecule has 1 unspecified atom stereocenters. The maximum atomic E-state index is 12.3. The van der Waals surface area contributed by atoms with E-state index in [0.717, 1.165) is 12.1 Å². The topological polar surface area (TPSA) is 29.1 Å². The lowest BCUT2D eigenvalue weighted by Gasteiger charge is -2.14. The van der Waals surface area contributed by atoms with E-state index in [1.165, 1.54) is 6.07 Å². The highest BCUT2D eigenvalue weighted by Gasteiger charge is 2.31. The van der Waals surface area contributed by atoms with E-state index in [2.05, 4.69) is 5.32 Å². The number of hydrogen-bond acceptors (Lipinski definition) is 1. The lowest BCUT2D eigenvalue weighted by atomic mass is 10.1. The van der Waals surface area contributed by atoms with Crippen LogP contribution in [0, 0.1) is 0 Å². The SMILES string of the molecule is CC(NC=O)c1ccc(C(F)(F)F)cc1Cl. The molecule has 0 spiro atoms. The summed E-state index contributed by atoms with van der Waals surface area (Å²) in [4.78, 5) is 10.2. The van der Waals surface area contributed by atoms with Gasteiger partial charge in [0.15, 0.2) is 0 Å². The van der Waals surface area contributed by atoms with Gasteiger partial charge in [0.25, 0.3) is 0 Å². The molecule has 0 bridgehead atoms. The largest absolute Gasteiger partial charge is 0.416 e. The fourth-order valence-corrected chi connectivity index (χ4v) is 1.59. The number of alkyl halides is 3. The molecule has 0 saturated heterocycles. The van der Waals surface area contributed by atoms with Crippen LogP contribution in [0.5, 0.6) is 0 Å². The lowest BCUT2D eigenvalue weighted by molar-refractivity contribution is -0.137. The standard InChI is InChI=1S/C10H9ClF3NO/c1-6(15-5-16)8-3-2-7(4-9(8)11)10(12,13)14/h2-6H,1H3,(H,15,16). The Morgan fingerprint density at radius 3 is 2.50 bits per heavy atom. The minimum Gasteiger partial charge on any atom is -0.352 e. The first kappa shape index (κ1) is 12.8. The molecule has 0 aromatic heterocycles. The monoisotopic (exact) mass is 251 g/mol. The first-order chi connectivity index (χ1) is 7.36. The molecule has 2 nitrogen and oxygen atoms in total. The van der Waals surface area contributed by atoms with Gasteiger partial charge < -0.3 is 5.32 Å². The highest BCUT2D eigenvalue weighted by atomic mass is 35.5. The molecule has 88 valence electrons. The zero-order valence-corrected chi connectivity index (χ0v) is 9.06. The van der Waals surface area contributed by atoms with E-state index in [-0.39, 0.29) is 5.02 Å². The van der Waals surface area contributed by atoms with Gasteiger partial charge in [0.05, 0.1) is 11.6 Å². The van der Waals surface area contributed by atoms with Gasteiger partial charge in [0.1, 0.15) is 0 Å². The van der Waals surface area contributed by atoms with Crippen LogP contribution in [0.4, 0.5) is 13.2 Å². The summed E-state index contributed by atoms with van der Waals surface area (Å²) in [6.07, 6.45) is -3.94. The summed E-state index contributed by atoms with van der Waals surface area (Å²) in [5.74, 6) is 0. The average Bonchev–Trinajstić information content (AvgIpc) is 2.16. The number of halogens is 4. The Balaban J connectivity index is 3.05. The zero-order chi connectivity index (χ0) is 12.3. The van der Waals surface area contributed by atoms with Crippen LogP contribution in [0.15, 0.2) is 18.2 Å². The van der Waals surface area contributed by atoms with Crippen LogP contribution >= 0.6 is 11.6 Å². The summed E-state index contributed by atoms with van der Waals surface area (Å²) < 4.78 is 37.0. The van der Waals surface area contributed by atoms with Crippen LogP contribution in [-0.2, 0) is 11.0 Å². The summed E-state index contributed by atoms with van der Waals surface area (Å²) in [7, 11) is 0. The summed E-state index contributed by atoms with van der Waals surface area (Å²) in [5, 5.41) is 2.40. The van der Waals surface area contributed by atoms with Crippen molar-refractivity contribution in [3.63, 3.8) is 0 Å². The van der Waals surface area contributed by atoms with E-state index < -0.39 is 17.8 Å². The number of nitrogens with one attached hydrogen (secondary N) is 1. The third-order valence-corrected chi connectivity index (χ3v) is 2.44. The Hall–Kier alpha value is -1.23. The minimum atomic E-state index is -4.41. The van der Waals surface area contributed by atoms with Gasteiger partial charge in [-0.15, -0.1) is 0 Å². The molecule has 16 heavy (non-hydrogen) atoms. The number of amides is 1. The van der Waals surface area contributed by atoms with Gasteiger partial charge in [0, 0.05) is 5.02 Å². The maximum absolute atomic E-state index is 12.3. The first-order valence-electron chi connectivity index (χ1n) is 4.42. The molecular weight excluding hydrogens is 243 g/mol. The van der Waals surface area contributed by atoms with Gasteiger partial charge in [0.2, 0.25) is 6.41 Å². The average molecular weight is 252 g/mol. The van der Waals surface area contributed by atoms with Crippen molar-refractivity contribution in [2.75, 3.05) is 0 Å². The molecule has 1 N–H and O–H groups in total. The smallest absolute Gasteiger partial charge is 0.352 e. The van der Waals surface area contributed by atoms with Gasteiger partial charge in [-0.1, -0.05) is 17.7 Å². The van der Waals surface area contributed by atoms with Crippen molar-refractivity contribution in [2.45, 2.75) is 19.1 Å². The van der Waals surface area contributed by atoms with Crippen molar-refractivity contribution in [2.24, 2.45) is 0 Å². The van der Waals surface area contributed by atoms with Gasteiger partial charge in [-0.2, -0.15) is 13.2 Å². The van der Waals surface area contributed by atoms with Crippen molar-refractivity contribution in [1.82, 2.24) is 5.32 Å². The number of carbonyl (C=O) groups excluding carboxylic acids is 1. The molecule has 1 rings (SSSR count). The molecule has 0 saturated carbocycles. The normalized spacial score (nSPS) is 13.3. The van der Waals surface area contributed by atoms with Crippen molar-refractivity contribution < 1.29 is 18.0 Å². The van der Waals surface area contributed by atoms with E-state index in [9.17, 15) is 18.0 Å².